The molecule has 0 unspecified atom stereocenters. The first-order valence-electron chi connectivity index (χ1n) is 15.1. The maximum absolute atomic E-state index is 14.3. The molecule has 0 atom stereocenters. The third kappa shape index (κ3) is 6.95. The highest BCUT2D eigenvalue weighted by molar-refractivity contribution is 5.95. The van der Waals surface area contributed by atoms with Gasteiger partial charge in [0.05, 0.1) is 23.3 Å². The second-order valence-corrected chi connectivity index (χ2v) is 12.3. The minimum Gasteiger partial charge on any atom is -0.444 e. The van der Waals surface area contributed by atoms with Gasteiger partial charge in [-0.3, -0.25) is 23.7 Å². The lowest BCUT2D eigenvalue weighted by atomic mass is 10.1. The highest BCUT2D eigenvalue weighted by Gasteiger charge is 2.31. The van der Waals surface area contributed by atoms with Crippen molar-refractivity contribution in [3.63, 3.8) is 0 Å². The SMILES string of the molecule is CCNC(=O)c1cccnc1Cn1c(=O)c2c(c(C#N)c(N3CCCN(C(=O)OC(C)(C)C)CC3)n2CC=C(C)C)n(C)c1=O. The van der Waals surface area contributed by atoms with Gasteiger partial charge in [0.1, 0.15) is 28.6 Å². The first kappa shape index (κ1) is 33.0. The molecule has 3 aromatic heterocycles. The van der Waals surface area contributed by atoms with Crippen LogP contribution in [-0.4, -0.2) is 73.9 Å². The van der Waals surface area contributed by atoms with E-state index in [1.807, 2.05) is 45.6 Å². The molecule has 0 bridgehead atoms. The van der Waals surface area contributed by atoms with Gasteiger partial charge in [-0.15, -0.1) is 0 Å². The average molecular weight is 619 g/mol. The number of nitrogens with zero attached hydrogens (tertiary/aromatic N) is 7. The van der Waals surface area contributed by atoms with Crippen molar-refractivity contribution in [3.05, 3.63) is 67.6 Å². The number of hydrogen-bond donors (Lipinski definition) is 1. The van der Waals surface area contributed by atoms with E-state index in [2.05, 4.69) is 16.4 Å². The molecule has 240 valence electrons. The van der Waals surface area contributed by atoms with Gasteiger partial charge >= 0.3 is 11.8 Å². The second-order valence-electron chi connectivity index (χ2n) is 12.3. The Bertz CT molecular complexity index is 1800. The summed E-state index contributed by atoms with van der Waals surface area (Å²) in [6.07, 6.45) is 3.67. The van der Waals surface area contributed by atoms with E-state index in [1.165, 1.54) is 17.8 Å². The second kappa shape index (κ2) is 13.4. The molecule has 13 nitrogen and oxygen atoms in total. The van der Waals surface area contributed by atoms with Gasteiger partial charge in [0, 0.05) is 52.5 Å². The van der Waals surface area contributed by atoms with E-state index in [1.54, 1.807) is 28.5 Å². The molecule has 4 heterocycles. The fourth-order valence-electron chi connectivity index (χ4n) is 5.47. The lowest BCUT2D eigenvalue weighted by Crippen LogP contribution is -2.40. The topological polar surface area (TPSA) is 147 Å². The zero-order valence-electron chi connectivity index (χ0n) is 27.1. The van der Waals surface area contributed by atoms with Crippen LogP contribution < -0.4 is 21.5 Å². The van der Waals surface area contributed by atoms with Crippen molar-refractivity contribution < 1.29 is 14.3 Å². The predicted molar refractivity (Wildman–Crippen MR) is 172 cm³/mol. The summed E-state index contributed by atoms with van der Waals surface area (Å²) in [4.78, 5) is 61.5. The quantitative estimate of drug-likeness (QED) is 0.398. The standard InChI is InChI=1S/C32H42N8O5/c1-8-34-27(41)22-11-9-13-35-24(22)20-40-29(42)26-25(36(7)30(40)43)23(19-33)28(39(26)16-12-21(2)3)37-14-10-15-38(18-17-37)31(44)45-32(4,5)6/h9,11-13H,8,10,14-18,20H2,1-7H3,(H,34,41). The minimum absolute atomic E-state index is 0.199. The maximum Gasteiger partial charge on any atom is 0.410 e. The zero-order valence-corrected chi connectivity index (χ0v) is 27.1. The van der Waals surface area contributed by atoms with Crippen molar-refractivity contribution in [2.24, 2.45) is 7.05 Å². The van der Waals surface area contributed by atoms with Crippen LogP contribution in [0.3, 0.4) is 0 Å². The maximum atomic E-state index is 14.3. The van der Waals surface area contributed by atoms with Crippen LogP contribution in [0, 0.1) is 11.3 Å². The molecule has 0 radical (unpaired) electrons. The summed E-state index contributed by atoms with van der Waals surface area (Å²) in [6, 6.07) is 5.50. The third-order valence-electron chi connectivity index (χ3n) is 7.53. The lowest BCUT2D eigenvalue weighted by molar-refractivity contribution is 0.0263. The summed E-state index contributed by atoms with van der Waals surface area (Å²) < 4.78 is 9.75. The highest BCUT2D eigenvalue weighted by atomic mass is 16.6. The molecule has 0 spiro atoms. The van der Waals surface area contributed by atoms with Crippen LogP contribution in [0.15, 0.2) is 39.6 Å². The molecule has 2 amide bonds. The van der Waals surface area contributed by atoms with Crippen LogP contribution in [0.1, 0.15) is 69.6 Å². The van der Waals surface area contributed by atoms with Gasteiger partial charge in [-0.25, -0.2) is 9.59 Å². The van der Waals surface area contributed by atoms with Crippen molar-refractivity contribution in [1.29, 1.82) is 5.26 Å². The number of fused-ring (bicyclic) bond motifs is 1. The number of allylic oxidation sites excluding steroid dienone is 2. The summed E-state index contributed by atoms with van der Waals surface area (Å²) in [7, 11) is 1.53. The Morgan fingerprint density at radius 2 is 1.84 bits per heavy atom. The largest absolute Gasteiger partial charge is 0.444 e. The fourth-order valence-corrected chi connectivity index (χ4v) is 5.47. The summed E-state index contributed by atoms with van der Waals surface area (Å²) in [6.45, 7) is 13.4. The zero-order chi connectivity index (χ0) is 33.1. The molecule has 1 aliphatic heterocycles. The third-order valence-corrected chi connectivity index (χ3v) is 7.53. The van der Waals surface area contributed by atoms with Crippen molar-refractivity contribution >= 4 is 28.9 Å². The van der Waals surface area contributed by atoms with Crippen molar-refractivity contribution in [2.45, 2.75) is 66.7 Å². The number of carbonyl (C=O) groups is 2. The number of anilines is 1. The van der Waals surface area contributed by atoms with E-state index in [0.717, 1.165) is 10.1 Å². The normalized spacial score (nSPS) is 13.7. The fraction of sp³-hybridized carbons (Fsp3) is 0.500. The average Bonchev–Trinajstić information content (AvgIpc) is 3.11. The number of pyridine rings is 1. The number of carbonyl (C=O) groups excluding carboxylic acids is 2. The number of hydrogen-bond acceptors (Lipinski definition) is 8. The Balaban J connectivity index is 1.89. The van der Waals surface area contributed by atoms with E-state index in [-0.39, 0.29) is 46.9 Å². The smallest absolute Gasteiger partial charge is 0.410 e. The molecule has 13 heteroatoms. The van der Waals surface area contributed by atoms with Crippen molar-refractivity contribution in [1.82, 2.24) is 28.9 Å². The summed E-state index contributed by atoms with van der Waals surface area (Å²) >= 11 is 0. The molecule has 3 aromatic rings. The molecule has 1 N–H and O–H groups in total. The van der Waals surface area contributed by atoms with E-state index < -0.39 is 22.9 Å². The molecule has 1 fully saturated rings. The summed E-state index contributed by atoms with van der Waals surface area (Å²) in [5.41, 5.74) is 0.356. The van der Waals surface area contributed by atoms with Gasteiger partial charge in [0.15, 0.2) is 0 Å². The predicted octanol–water partition coefficient (Wildman–Crippen LogP) is 2.98. The van der Waals surface area contributed by atoms with Crippen molar-refractivity contribution in [3.8, 4) is 6.07 Å². The Kier molecular flexibility index (Phi) is 9.85. The minimum atomic E-state index is -0.631. The van der Waals surface area contributed by atoms with Crippen LogP contribution in [0.4, 0.5) is 10.6 Å². The Morgan fingerprint density at radius 1 is 1.11 bits per heavy atom. The van der Waals surface area contributed by atoms with E-state index in [4.69, 9.17) is 4.74 Å². The van der Waals surface area contributed by atoms with Crippen molar-refractivity contribution in [2.75, 3.05) is 37.6 Å². The number of aromatic nitrogens is 4. The molecule has 45 heavy (non-hydrogen) atoms. The molecule has 0 aromatic carbocycles. The van der Waals surface area contributed by atoms with Crippen LogP contribution in [0.25, 0.3) is 11.0 Å². The molecule has 0 saturated carbocycles. The number of rotatable bonds is 7. The Labute approximate surface area is 262 Å². The number of nitrogens with one attached hydrogen (secondary N) is 1. The molecular formula is C32H42N8O5. The molecule has 1 saturated heterocycles. The summed E-state index contributed by atoms with van der Waals surface area (Å²) in [5.74, 6) is 0.163. The van der Waals surface area contributed by atoms with E-state index >= 15 is 0 Å². The first-order valence-corrected chi connectivity index (χ1v) is 15.1. The number of nitriles is 1. The molecule has 1 aliphatic rings. The Hall–Kier alpha value is -4.86. The highest BCUT2D eigenvalue weighted by Crippen LogP contribution is 2.31. The first-order chi connectivity index (χ1) is 21.3. The van der Waals surface area contributed by atoms with Gasteiger partial charge in [0.25, 0.3) is 11.5 Å². The Morgan fingerprint density at radius 3 is 2.49 bits per heavy atom. The monoisotopic (exact) mass is 618 g/mol. The van der Waals surface area contributed by atoms with Gasteiger partial charge in [-0.1, -0.05) is 11.6 Å². The van der Waals surface area contributed by atoms with Gasteiger partial charge in [0.2, 0.25) is 0 Å². The van der Waals surface area contributed by atoms with Crippen LogP contribution >= 0.6 is 0 Å². The number of ether oxygens (including phenoxy) is 1. The van der Waals surface area contributed by atoms with Crippen LogP contribution in [0.5, 0.6) is 0 Å². The molecule has 4 rings (SSSR count). The summed E-state index contributed by atoms with van der Waals surface area (Å²) in [5, 5.41) is 13.2. The van der Waals surface area contributed by atoms with E-state index in [0.29, 0.717) is 45.0 Å². The van der Waals surface area contributed by atoms with Gasteiger partial charge in [-0.05, 0) is 60.1 Å². The molecular weight excluding hydrogens is 576 g/mol. The van der Waals surface area contributed by atoms with Gasteiger partial charge < -0.3 is 24.4 Å². The number of aryl methyl sites for hydroxylation is 1. The lowest BCUT2D eigenvalue weighted by Gasteiger charge is -2.27. The van der Waals surface area contributed by atoms with Crippen LogP contribution in [-0.2, 0) is 24.9 Å². The van der Waals surface area contributed by atoms with E-state index in [9.17, 15) is 24.4 Å². The number of amides is 2. The van der Waals surface area contributed by atoms with Crippen LogP contribution in [0.2, 0.25) is 0 Å². The molecule has 0 aliphatic carbocycles. The van der Waals surface area contributed by atoms with Gasteiger partial charge in [-0.2, -0.15) is 5.26 Å².